The van der Waals surface area contributed by atoms with Gasteiger partial charge in [0.05, 0.1) is 36.5 Å². The second-order valence-corrected chi connectivity index (χ2v) is 7.59. The van der Waals surface area contributed by atoms with Gasteiger partial charge < -0.3 is 14.2 Å². The monoisotopic (exact) mass is 421 g/mol. The molecule has 0 unspecified atom stereocenters. The van der Waals surface area contributed by atoms with E-state index in [1.54, 1.807) is 26.0 Å². The van der Waals surface area contributed by atoms with E-state index in [-0.39, 0.29) is 29.4 Å². The van der Waals surface area contributed by atoms with Gasteiger partial charge >= 0.3 is 11.9 Å². The molecule has 0 saturated heterocycles. The van der Waals surface area contributed by atoms with Crippen molar-refractivity contribution in [2.75, 3.05) is 31.2 Å². The Labute approximate surface area is 170 Å². The lowest BCUT2D eigenvalue weighted by Crippen LogP contribution is -2.37. The number of sulfonamides is 1. The Balaban J connectivity index is 2.58. The molecule has 0 atom stereocenters. The van der Waals surface area contributed by atoms with Crippen LogP contribution >= 0.6 is 0 Å². The highest BCUT2D eigenvalue weighted by Gasteiger charge is 2.31. The van der Waals surface area contributed by atoms with Crippen LogP contribution < -0.4 is 9.04 Å². The van der Waals surface area contributed by atoms with Gasteiger partial charge in [0.15, 0.2) is 0 Å². The normalized spacial score (nSPS) is 10.9. The standard InChI is InChI=1S/C20H23NO7S/c1-4-27-19(22)14-21(18-9-7-6-8-17(18)20(23)28-5-2)29(24,25)16-12-10-15(26-3)11-13-16/h6-13H,4-5,14H2,1-3H3. The third kappa shape index (κ3) is 5.26. The topological polar surface area (TPSA) is 99.2 Å². The minimum absolute atomic E-state index is 0.0230. The number of hydrogen-bond acceptors (Lipinski definition) is 7. The molecule has 9 heteroatoms. The maximum atomic E-state index is 13.3. The van der Waals surface area contributed by atoms with Crippen molar-refractivity contribution in [1.82, 2.24) is 0 Å². The number of methoxy groups -OCH3 is 1. The summed E-state index contributed by atoms with van der Waals surface area (Å²) in [5.74, 6) is -0.960. The minimum Gasteiger partial charge on any atom is -0.497 e. The Morgan fingerprint density at radius 1 is 0.931 bits per heavy atom. The number of esters is 2. The third-order valence-corrected chi connectivity index (χ3v) is 5.67. The average molecular weight is 421 g/mol. The van der Waals surface area contributed by atoms with Crippen molar-refractivity contribution < 1.29 is 32.2 Å². The highest BCUT2D eigenvalue weighted by Crippen LogP contribution is 2.28. The molecule has 2 rings (SSSR count). The van der Waals surface area contributed by atoms with Crippen molar-refractivity contribution in [2.24, 2.45) is 0 Å². The first-order valence-electron chi connectivity index (χ1n) is 8.93. The highest BCUT2D eigenvalue weighted by molar-refractivity contribution is 7.92. The highest BCUT2D eigenvalue weighted by atomic mass is 32.2. The summed E-state index contributed by atoms with van der Waals surface area (Å²) in [6, 6.07) is 11.7. The van der Waals surface area contributed by atoms with Crippen molar-refractivity contribution in [3.63, 3.8) is 0 Å². The molecule has 0 aliphatic carbocycles. The second-order valence-electron chi connectivity index (χ2n) is 5.73. The van der Waals surface area contributed by atoms with Gasteiger partial charge in [0, 0.05) is 0 Å². The van der Waals surface area contributed by atoms with Crippen molar-refractivity contribution in [1.29, 1.82) is 0 Å². The molecule has 0 bridgehead atoms. The Morgan fingerprint density at radius 2 is 1.55 bits per heavy atom. The zero-order chi connectivity index (χ0) is 21.4. The van der Waals surface area contributed by atoms with E-state index in [0.717, 1.165) is 4.31 Å². The molecule has 0 aliphatic heterocycles. The zero-order valence-corrected chi connectivity index (χ0v) is 17.3. The molecule has 0 saturated carbocycles. The first-order chi connectivity index (χ1) is 13.8. The van der Waals surface area contributed by atoms with Crippen LogP contribution in [0.3, 0.4) is 0 Å². The van der Waals surface area contributed by atoms with Crippen LogP contribution in [0.5, 0.6) is 5.75 Å². The molecular formula is C20H23NO7S. The van der Waals surface area contributed by atoms with Gasteiger partial charge in [-0.25, -0.2) is 13.2 Å². The maximum Gasteiger partial charge on any atom is 0.340 e. The summed E-state index contributed by atoms with van der Waals surface area (Å²) in [5.41, 5.74) is 0.0468. The largest absolute Gasteiger partial charge is 0.497 e. The fourth-order valence-corrected chi connectivity index (χ4v) is 4.00. The van der Waals surface area contributed by atoms with Crippen molar-refractivity contribution in [2.45, 2.75) is 18.7 Å². The molecule has 156 valence electrons. The molecule has 0 N–H and O–H groups in total. The number of carbonyl (C=O) groups excluding carboxylic acids is 2. The number of rotatable bonds is 9. The zero-order valence-electron chi connectivity index (χ0n) is 16.5. The molecule has 0 aliphatic rings. The smallest absolute Gasteiger partial charge is 0.340 e. The predicted molar refractivity (Wildman–Crippen MR) is 107 cm³/mol. The number of nitrogens with zero attached hydrogens (tertiary/aromatic N) is 1. The van der Waals surface area contributed by atoms with Gasteiger partial charge in [-0.3, -0.25) is 9.10 Å². The van der Waals surface area contributed by atoms with Crippen LogP contribution in [-0.4, -0.2) is 47.2 Å². The third-order valence-electron chi connectivity index (χ3n) is 3.89. The summed E-state index contributed by atoms with van der Waals surface area (Å²) < 4.78 is 42.5. The fraction of sp³-hybridized carbons (Fsp3) is 0.300. The van der Waals surface area contributed by atoms with E-state index in [4.69, 9.17) is 14.2 Å². The molecule has 0 aromatic heterocycles. The maximum absolute atomic E-state index is 13.3. The molecule has 8 nitrogen and oxygen atoms in total. The van der Waals surface area contributed by atoms with Crippen LogP contribution in [0.2, 0.25) is 0 Å². The lowest BCUT2D eigenvalue weighted by atomic mass is 10.2. The van der Waals surface area contributed by atoms with Gasteiger partial charge in [0.1, 0.15) is 12.3 Å². The average Bonchev–Trinajstić information content (AvgIpc) is 2.72. The van der Waals surface area contributed by atoms with Crippen LogP contribution in [-0.2, 0) is 24.3 Å². The van der Waals surface area contributed by atoms with Crippen molar-refractivity contribution in [3.05, 3.63) is 54.1 Å². The van der Waals surface area contributed by atoms with Gasteiger partial charge in [-0.2, -0.15) is 0 Å². The fourth-order valence-electron chi connectivity index (χ4n) is 2.57. The number of benzene rings is 2. The Morgan fingerprint density at radius 3 is 2.14 bits per heavy atom. The lowest BCUT2D eigenvalue weighted by Gasteiger charge is -2.25. The van der Waals surface area contributed by atoms with Crippen molar-refractivity contribution >= 4 is 27.6 Å². The number of carbonyl (C=O) groups is 2. The van der Waals surface area contributed by atoms with E-state index in [1.807, 2.05) is 0 Å². The molecule has 0 radical (unpaired) electrons. The van der Waals surface area contributed by atoms with Gasteiger partial charge in [0.25, 0.3) is 10.0 Å². The SMILES string of the molecule is CCOC(=O)CN(c1ccccc1C(=O)OCC)S(=O)(=O)c1ccc(OC)cc1. The summed E-state index contributed by atoms with van der Waals surface area (Å²) >= 11 is 0. The van der Waals surface area contributed by atoms with Crippen molar-refractivity contribution in [3.8, 4) is 5.75 Å². The number of para-hydroxylation sites is 1. The summed E-state index contributed by atoms with van der Waals surface area (Å²) in [5, 5.41) is 0. The molecule has 0 spiro atoms. The Kier molecular flexibility index (Phi) is 7.60. The van der Waals surface area contributed by atoms with Crippen LogP contribution in [0.25, 0.3) is 0 Å². The first kappa shape index (κ1) is 22.2. The molecular weight excluding hydrogens is 398 g/mol. The Bertz CT molecular complexity index is 955. The minimum atomic E-state index is -4.19. The molecule has 0 fully saturated rings. The molecule has 0 heterocycles. The van der Waals surface area contributed by atoms with E-state index in [0.29, 0.717) is 5.75 Å². The Hall–Kier alpha value is -3.07. The number of anilines is 1. The molecule has 2 aromatic rings. The van der Waals surface area contributed by atoms with E-state index in [9.17, 15) is 18.0 Å². The van der Waals surface area contributed by atoms with Gasteiger partial charge in [-0.1, -0.05) is 12.1 Å². The van der Waals surface area contributed by atoms with E-state index < -0.39 is 28.5 Å². The second kappa shape index (κ2) is 9.92. The van der Waals surface area contributed by atoms with Gasteiger partial charge in [0.2, 0.25) is 0 Å². The number of ether oxygens (including phenoxy) is 3. The molecule has 29 heavy (non-hydrogen) atoms. The summed E-state index contributed by atoms with van der Waals surface area (Å²) in [7, 11) is -2.73. The molecule has 2 aromatic carbocycles. The van der Waals surface area contributed by atoms with E-state index in [2.05, 4.69) is 0 Å². The quantitative estimate of drug-likeness (QED) is 0.574. The van der Waals surface area contributed by atoms with Crippen LogP contribution in [0.4, 0.5) is 5.69 Å². The van der Waals surface area contributed by atoms with Crippen LogP contribution in [0, 0.1) is 0 Å². The molecule has 0 amide bonds. The summed E-state index contributed by atoms with van der Waals surface area (Å²) in [6.45, 7) is 2.88. The van der Waals surface area contributed by atoms with Crippen LogP contribution in [0.1, 0.15) is 24.2 Å². The van der Waals surface area contributed by atoms with Gasteiger partial charge in [-0.15, -0.1) is 0 Å². The van der Waals surface area contributed by atoms with E-state index in [1.165, 1.54) is 43.5 Å². The number of hydrogen-bond donors (Lipinski definition) is 0. The van der Waals surface area contributed by atoms with E-state index >= 15 is 0 Å². The summed E-state index contributed by atoms with van der Waals surface area (Å²) in [4.78, 5) is 24.4. The lowest BCUT2D eigenvalue weighted by molar-refractivity contribution is -0.141. The van der Waals surface area contributed by atoms with Gasteiger partial charge in [-0.05, 0) is 50.2 Å². The predicted octanol–water partition coefficient (Wildman–Crippen LogP) is 2.63. The summed E-state index contributed by atoms with van der Waals surface area (Å²) in [6.07, 6.45) is 0. The first-order valence-corrected chi connectivity index (χ1v) is 10.4. The van der Waals surface area contributed by atoms with Crippen LogP contribution in [0.15, 0.2) is 53.4 Å².